The third-order valence-electron chi connectivity index (χ3n) is 9.44. The Labute approximate surface area is 265 Å². The van der Waals surface area contributed by atoms with Gasteiger partial charge in [-0.25, -0.2) is 4.98 Å². The van der Waals surface area contributed by atoms with E-state index in [2.05, 4.69) is 161 Å². The molecule has 0 aliphatic carbocycles. The van der Waals surface area contributed by atoms with Crippen molar-refractivity contribution in [2.45, 2.75) is 0 Å². The average Bonchev–Trinajstić information content (AvgIpc) is 3.62. The topological polar surface area (TPSA) is 32.0 Å². The summed E-state index contributed by atoms with van der Waals surface area (Å²) < 4.78 is 11.2. The second-order valence-electron chi connectivity index (χ2n) is 12.0. The van der Waals surface area contributed by atoms with Crippen LogP contribution in [0.2, 0.25) is 0 Å². The molecule has 10 rings (SSSR count). The molecule has 0 spiro atoms. The van der Waals surface area contributed by atoms with E-state index in [0.29, 0.717) is 0 Å². The van der Waals surface area contributed by atoms with Crippen LogP contribution in [0, 0.1) is 0 Å². The summed E-state index contributed by atoms with van der Waals surface area (Å²) in [6.07, 6.45) is 0. The molecule has 0 unspecified atom stereocenters. The van der Waals surface area contributed by atoms with Crippen molar-refractivity contribution in [3.63, 3.8) is 0 Å². The Morgan fingerprint density at radius 2 is 1.00 bits per heavy atom. The van der Waals surface area contributed by atoms with E-state index in [4.69, 9.17) is 9.72 Å². The Balaban J connectivity index is 1.25. The predicted octanol–water partition coefficient (Wildman–Crippen LogP) is 7.90. The van der Waals surface area contributed by atoms with Gasteiger partial charge in [0, 0.05) is 33.3 Å². The van der Waals surface area contributed by atoms with Crippen molar-refractivity contribution >= 4 is 67.0 Å². The van der Waals surface area contributed by atoms with E-state index in [1.54, 1.807) is 0 Å². The van der Waals surface area contributed by atoms with E-state index < -0.39 is 0 Å². The van der Waals surface area contributed by atoms with E-state index in [9.17, 15) is 0 Å². The Morgan fingerprint density at radius 3 is 1.72 bits per heavy atom. The zero-order valence-corrected chi connectivity index (χ0v) is 24.8. The first-order valence-corrected chi connectivity index (χ1v) is 15.7. The minimum Gasteiger partial charge on any atom is -0.458 e. The van der Waals surface area contributed by atoms with Gasteiger partial charge in [-0.15, -0.1) is 0 Å². The molecular formula is C41H26BN3O. The van der Waals surface area contributed by atoms with E-state index >= 15 is 0 Å². The smallest absolute Gasteiger partial charge is 0.250 e. The predicted molar refractivity (Wildman–Crippen MR) is 191 cm³/mol. The van der Waals surface area contributed by atoms with Crippen LogP contribution < -0.4 is 21.1 Å². The highest BCUT2D eigenvalue weighted by molar-refractivity contribution is 6.96. The lowest BCUT2D eigenvalue weighted by atomic mass is 9.36. The number of pyridine rings is 1. The number of rotatable bonds is 3. The van der Waals surface area contributed by atoms with Gasteiger partial charge in [0.1, 0.15) is 22.8 Å². The fourth-order valence-corrected chi connectivity index (χ4v) is 7.44. The Hall–Kier alpha value is -6.07. The fourth-order valence-electron chi connectivity index (χ4n) is 7.44. The lowest BCUT2D eigenvalue weighted by Gasteiger charge is -2.27. The first kappa shape index (κ1) is 25.3. The van der Waals surface area contributed by atoms with Crippen molar-refractivity contribution < 1.29 is 4.74 Å². The van der Waals surface area contributed by atoms with Crippen molar-refractivity contribution in [2.24, 2.45) is 0 Å². The maximum atomic E-state index is 6.64. The van der Waals surface area contributed by atoms with Gasteiger partial charge < -0.3 is 4.74 Å². The van der Waals surface area contributed by atoms with Crippen LogP contribution in [0.1, 0.15) is 0 Å². The summed E-state index contributed by atoms with van der Waals surface area (Å²) in [5.41, 5.74) is 9.83. The molecule has 9 aromatic rings. The second-order valence-corrected chi connectivity index (χ2v) is 12.0. The van der Waals surface area contributed by atoms with Gasteiger partial charge in [0.25, 0.3) is 6.71 Å². The zero-order valence-electron chi connectivity index (χ0n) is 24.8. The monoisotopic (exact) mass is 587 g/mol. The molecule has 0 saturated carbocycles. The van der Waals surface area contributed by atoms with E-state index in [1.165, 1.54) is 21.7 Å². The maximum Gasteiger partial charge on any atom is 0.250 e. The molecule has 214 valence electrons. The van der Waals surface area contributed by atoms with Gasteiger partial charge in [-0.05, 0) is 53.4 Å². The summed E-state index contributed by atoms with van der Waals surface area (Å²) in [5, 5.41) is 4.64. The normalized spacial score (nSPS) is 12.5. The molecule has 6 aromatic carbocycles. The lowest BCUT2D eigenvalue weighted by molar-refractivity contribution is 0.487. The quantitative estimate of drug-likeness (QED) is 0.197. The number of hydrogen-bond acceptors (Lipinski definition) is 2. The van der Waals surface area contributed by atoms with Gasteiger partial charge in [0.2, 0.25) is 0 Å². The molecule has 1 aliphatic rings. The molecular weight excluding hydrogens is 561 g/mol. The van der Waals surface area contributed by atoms with E-state index in [1.807, 2.05) is 6.07 Å². The number of hydrogen-bond donors (Lipinski definition) is 0. The standard InChI is InChI=1S/C41H26BN3O/c1-3-13-27(14-4-1)42-34-19-9-12-22-38(34)46-39-25-29(23-24-35(39)42)45-37-21-11-8-18-31(37)33-26-32-30-17-7-10-20-36(30)44(40(32)43-41(33)45)28-15-5-2-6-16-28/h1-26H. The summed E-state index contributed by atoms with van der Waals surface area (Å²) >= 11 is 0. The van der Waals surface area contributed by atoms with Crippen LogP contribution in [0.4, 0.5) is 0 Å². The van der Waals surface area contributed by atoms with Gasteiger partial charge in [0.15, 0.2) is 0 Å². The van der Waals surface area contributed by atoms with Crippen LogP contribution in [-0.4, -0.2) is 20.8 Å². The lowest BCUT2D eigenvalue weighted by Crippen LogP contribution is -2.54. The van der Waals surface area contributed by atoms with Crippen LogP contribution in [0.15, 0.2) is 158 Å². The van der Waals surface area contributed by atoms with Crippen molar-refractivity contribution in [1.82, 2.24) is 14.1 Å². The third kappa shape index (κ3) is 3.60. The van der Waals surface area contributed by atoms with Crippen molar-refractivity contribution in [3.8, 4) is 22.9 Å². The van der Waals surface area contributed by atoms with E-state index in [0.717, 1.165) is 61.4 Å². The SMILES string of the molecule is c1ccc(B2c3ccccc3Oc3cc(-n4c5ccccc5c5cc6c7ccccc7n(-c7ccccc7)c6nc54)ccc32)cc1. The van der Waals surface area contributed by atoms with E-state index in [-0.39, 0.29) is 6.71 Å². The highest BCUT2D eigenvalue weighted by Crippen LogP contribution is 2.38. The number of nitrogens with zero attached hydrogens (tertiary/aromatic N) is 3. The van der Waals surface area contributed by atoms with Crippen LogP contribution >= 0.6 is 0 Å². The molecule has 46 heavy (non-hydrogen) atoms. The summed E-state index contributed by atoms with van der Waals surface area (Å²) in [6, 6.07) is 55.8. The number of aromatic nitrogens is 3. The van der Waals surface area contributed by atoms with Crippen molar-refractivity contribution in [1.29, 1.82) is 0 Å². The van der Waals surface area contributed by atoms with Crippen LogP contribution in [-0.2, 0) is 0 Å². The summed E-state index contributed by atoms with van der Waals surface area (Å²) in [7, 11) is 0. The highest BCUT2D eigenvalue weighted by atomic mass is 16.5. The molecule has 3 aromatic heterocycles. The minimum atomic E-state index is 0.0904. The summed E-state index contributed by atoms with van der Waals surface area (Å²) in [4.78, 5) is 5.50. The summed E-state index contributed by atoms with van der Waals surface area (Å²) in [6.45, 7) is 0.0904. The van der Waals surface area contributed by atoms with Gasteiger partial charge in [-0.3, -0.25) is 9.13 Å². The molecule has 4 nitrogen and oxygen atoms in total. The van der Waals surface area contributed by atoms with Crippen molar-refractivity contribution in [2.75, 3.05) is 0 Å². The molecule has 0 atom stereocenters. The van der Waals surface area contributed by atoms with Crippen LogP contribution in [0.5, 0.6) is 11.5 Å². The molecule has 0 radical (unpaired) electrons. The fraction of sp³-hybridized carbons (Fsp3) is 0. The molecule has 0 saturated heterocycles. The third-order valence-corrected chi connectivity index (χ3v) is 9.44. The Morgan fingerprint density at radius 1 is 0.435 bits per heavy atom. The molecule has 0 fully saturated rings. The zero-order chi connectivity index (χ0) is 30.2. The van der Waals surface area contributed by atoms with Gasteiger partial charge in [-0.2, -0.15) is 0 Å². The number of ether oxygens (including phenoxy) is 1. The highest BCUT2D eigenvalue weighted by Gasteiger charge is 2.32. The van der Waals surface area contributed by atoms with Gasteiger partial charge in [0.05, 0.1) is 16.7 Å². The van der Waals surface area contributed by atoms with Gasteiger partial charge >= 0.3 is 0 Å². The maximum absolute atomic E-state index is 6.64. The molecule has 0 bridgehead atoms. The molecule has 0 N–H and O–H groups in total. The molecule has 1 aliphatic heterocycles. The average molecular weight is 587 g/mol. The Kier molecular flexibility index (Phi) is 5.34. The van der Waals surface area contributed by atoms with Crippen LogP contribution in [0.25, 0.3) is 55.2 Å². The summed E-state index contributed by atoms with van der Waals surface area (Å²) in [5.74, 6) is 1.77. The van der Waals surface area contributed by atoms with Crippen LogP contribution in [0.3, 0.4) is 0 Å². The molecule has 4 heterocycles. The second kappa shape index (κ2) is 9.72. The number of fused-ring (bicyclic) bond motifs is 8. The van der Waals surface area contributed by atoms with Gasteiger partial charge in [-0.1, -0.05) is 115 Å². The minimum absolute atomic E-state index is 0.0904. The first-order valence-electron chi connectivity index (χ1n) is 15.7. The first-order chi connectivity index (χ1) is 22.8. The molecule has 0 amide bonds. The number of benzene rings is 6. The Bertz CT molecular complexity index is 2620. The largest absolute Gasteiger partial charge is 0.458 e. The van der Waals surface area contributed by atoms with Crippen molar-refractivity contribution in [3.05, 3.63) is 158 Å². The number of para-hydroxylation sites is 4. The molecule has 5 heteroatoms.